The van der Waals surface area contributed by atoms with Gasteiger partial charge in [0.15, 0.2) is 0 Å². The van der Waals surface area contributed by atoms with Crippen molar-refractivity contribution < 1.29 is 4.79 Å². The molecule has 0 bridgehead atoms. The number of piperidine rings is 1. The first-order valence-corrected chi connectivity index (χ1v) is 11.6. The Bertz CT molecular complexity index is 1030. The van der Waals surface area contributed by atoms with Gasteiger partial charge in [0.1, 0.15) is 5.82 Å². The number of rotatable bonds is 6. The second-order valence-electron chi connectivity index (χ2n) is 7.92. The summed E-state index contributed by atoms with van der Waals surface area (Å²) >= 11 is 3.60. The van der Waals surface area contributed by atoms with Crippen LogP contribution in [-0.4, -0.2) is 51.4 Å². The van der Waals surface area contributed by atoms with E-state index in [2.05, 4.69) is 75.6 Å². The Labute approximate surface area is 186 Å². The molecule has 0 unspecified atom stereocenters. The van der Waals surface area contributed by atoms with Gasteiger partial charge < -0.3 is 4.90 Å². The highest BCUT2D eigenvalue weighted by atomic mass is 79.9. The molecular weight excluding hydrogens is 440 g/mol. The summed E-state index contributed by atoms with van der Waals surface area (Å²) in [5.74, 6) is 1.40. The van der Waals surface area contributed by atoms with Crippen LogP contribution in [0.2, 0.25) is 0 Å². The number of carbonyl (C=O) groups is 1. The van der Waals surface area contributed by atoms with E-state index in [9.17, 15) is 4.79 Å². The number of benzene rings is 2. The Morgan fingerprint density at radius 1 is 1.17 bits per heavy atom. The summed E-state index contributed by atoms with van der Waals surface area (Å²) in [5, 5.41) is 0. The van der Waals surface area contributed by atoms with Crippen LogP contribution in [0.15, 0.2) is 53.0 Å². The van der Waals surface area contributed by atoms with Gasteiger partial charge in [-0.15, -0.1) is 0 Å². The van der Waals surface area contributed by atoms with Crippen LogP contribution in [0.25, 0.3) is 16.7 Å². The molecule has 5 nitrogen and oxygen atoms in total. The number of halogens is 1. The van der Waals surface area contributed by atoms with Gasteiger partial charge in [0, 0.05) is 29.8 Å². The smallest absolute Gasteiger partial charge is 0.226 e. The highest BCUT2D eigenvalue weighted by Gasteiger charge is 2.29. The van der Waals surface area contributed by atoms with Crippen molar-refractivity contribution in [1.82, 2.24) is 19.4 Å². The monoisotopic (exact) mass is 468 g/mol. The summed E-state index contributed by atoms with van der Waals surface area (Å²) in [7, 11) is 0. The van der Waals surface area contributed by atoms with Crippen molar-refractivity contribution in [2.24, 2.45) is 5.92 Å². The quantitative estimate of drug-likeness (QED) is 0.518. The van der Waals surface area contributed by atoms with Crippen molar-refractivity contribution >= 4 is 32.9 Å². The maximum absolute atomic E-state index is 12.9. The van der Waals surface area contributed by atoms with Gasteiger partial charge in [-0.2, -0.15) is 0 Å². The minimum atomic E-state index is 0.0855. The summed E-state index contributed by atoms with van der Waals surface area (Å²) in [4.78, 5) is 22.2. The van der Waals surface area contributed by atoms with E-state index in [-0.39, 0.29) is 5.92 Å². The van der Waals surface area contributed by atoms with Crippen LogP contribution in [0.3, 0.4) is 0 Å². The first-order valence-electron chi connectivity index (χ1n) is 10.8. The SMILES string of the molecule is CCN(CC)C(=O)[C@@H]1CCCN(Cc2nc3ccccc3n2-c2cccc(Br)c2)C1. The van der Waals surface area contributed by atoms with Gasteiger partial charge >= 0.3 is 0 Å². The number of fused-ring (bicyclic) bond motifs is 1. The van der Waals surface area contributed by atoms with E-state index in [1.807, 2.05) is 17.0 Å². The minimum absolute atomic E-state index is 0.0855. The molecule has 1 aliphatic rings. The lowest BCUT2D eigenvalue weighted by molar-refractivity contribution is -0.137. The van der Waals surface area contributed by atoms with Crippen molar-refractivity contribution in [2.45, 2.75) is 33.2 Å². The third-order valence-corrected chi connectivity index (χ3v) is 6.48. The molecule has 0 N–H and O–H groups in total. The number of carbonyl (C=O) groups excluding carboxylic acids is 1. The molecule has 4 rings (SSSR count). The number of nitrogens with zero attached hydrogens (tertiary/aromatic N) is 4. The van der Waals surface area contributed by atoms with E-state index in [4.69, 9.17) is 4.98 Å². The average Bonchev–Trinajstić information content (AvgIpc) is 3.12. The summed E-state index contributed by atoms with van der Waals surface area (Å²) in [6.45, 7) is 8.23. The van der Waals surface area contributed by atoms with Crippen LogP contribution in [0.1, 0.15) is 32.5 Å². The van der Waals surface area contributed by atoms with Gasteiger partial charge in [-0.1, -0.05) is 34.1 Å². The molecule has 1 atom stereocenters. The van der Waals surface area contributed by atoms with Crippen molar-refractivity contribution in [2.75, 3.05) is 26.2 Å². The lowest BCUT2D eigenvalue weighted by Crippen LogP contribution is -2.44. The third-order valence-electron chi connectivity index (χ3n) is 5.99. The highest BCUT2D eigenvalue weighted by Crippen LogP contribution is 2.26. The van der Waals surface area contributed by atoms with Crippen molar-refractivity contribution in [1.29, 1.82) is 0 Å². The molecule has 1 fully saturated rings. The predicted molar refractivity (Wildman–Crippen MR) is 125 cm³/mol. The van der Waals surface area contributed by atoms with E-state index < -0.39 is 0 Å². The second kappa shape index (κ2) is 9.31. The molecule has 2 heterocycles. The maximum Gasteiger partial charge on any atom is 0.226 e. The van der Waals surface area contributed by atoms with Crippen molar-refractivity contribution in [3.8, 4) is 5.69 Å². The van der Waals surface area contributed by atoms with Crippen LogP contribution in [-0.2, 0) is 11.3 Å². The molecule has 6 heteroatoms. The fourth-order valence-corrected chi connectivity index (χ4v) is 4.87. The minimum Gasteiger partial charge on any atom is -0.343 e. The van der Waals surface area contributed by atoms with Gasteiger partial charge in [0.05, 0.1) is 23.5 Å². The molecule has 0 aliphatic carbocycles. The largest absolute Gasteiger partial charge is 0.343 e. The highest BCUT2D eigenvalue weighted by molar-refractivity contribution is 9.10. The van der Waals surface area contributed by atoms with Crippen LogP contribution in [0.4, 0.5) is 0 Å². The molecule has 0 radical (unpaired) electrons. The Morgan fingerprint density at radius 2 is 1.97 bits per heavy atom. The number of likely N-dealkylation sites (tertiary alicyclic amines) is 1. The standard InChI is InChI=1S/C24H29BrN4O/c1-3-28(4-2)24(30)18-9-8-14-27(16-18)17-23-26-21-12-5-6-13-22(21)29(23)20-11-7-10-19(25)15-20/h5-7,10-13,15,18H,3-4,8-9,14,16-17H2,1-2H3/t18-/m1/s1. The second-order valence-corrected chi connectivity index (χ2v) is 8.83. The molecular formula is C24H29BrN4O. The molecule has 0 saturated carbocycles. The van der Waals surface area contributed by atoms with Gasteiger partial charge in [-0.3, -0.25) is 14.3 Å². The summed E-state index contributed by atoms with van der Waals surface area (Å²) in [5.41, 5.74) is 3.21. The zero-order chi connectivity index (χ0) is 21.1. The molecule has 0 spiro atoms. The predicted octanol–water partition coefficient (Wildman–Crippen LogP) is 4.87. The van der Waals surface area contributed by atoms with E-state index >= 15 is 0 Å². The van der Waals surface area contributed by atoms with Crippen LogP contribution in [0, 0.1) is 5.92 Å². The molecule has 30 heavy (non-hydrogen) atoms. The Hall–Kier alpha value is -2.18. The van der Waals surface area contributed by atoms with Crippen LogP contribution >= 0.6 is 15.9 Å². The first kappa shape index (κ1) is 21.1. The van der Waals surface area contributed by atoms with Crippen molar-refractivity contribution in [3.05, 3.63) is 58.8 Å². The number of aromatic nitrogens is 2. The molecule has 3 aromatic rings. The Kier molecular flexibility index (Phi) is 6.54. The topological polar surface area (TPSA) is 41.4 Å². The molecule has 158 valence electrons. The normalized spacial score (nSPS) is 17.4. The number of para-hydroxylation sites is 2. The average molecular weight is 469 g/mol. The lowest BCUT2D eigenvalue weighted by atomic mass is 9.96. The molecule has 1 aromatic heterocycles. The molecule has 1 amide bonds. The van der Waals surface area contributed by atoms with E-state index in [1.165, 1.54) is 0 Å². The van der Waals surface area contributed by atoms with E-state index in [1.54, 1.807) is 0 Å². The van der Waals surface area contributed by atoms with Crippen molar-refractivity contribution in [3.63, 3.8) is 0 Å². The van der Waals surface area contributed by atoms with Crippen LogP contribution < -0.4 is 0 Å². The summed E-state index contributed by atoms with van der Waals surface area (Å²) < 4.78 is 3.29. The fraction of sp³-hybridized carbons (Fsp3) is 0.417. The van der Waals surface area contributed by atoms with E-state index in [0.29, 0.717) is 5.91 Å². The van der Waals surface area contributed by atoms with E-state index in [0.717, 1.165) is 72.6 Å². The third kappa shape index (κ3) is 4.30. The van der Waals surface area contributed by atoms with Gasteiger partial charge in [0.25, 0.3) is 0 Å². The summed E-state index contributed by atoms with van der Waals surface area (Å²) in [6, 6.07) is 16.6. The van der Waals surface area contributed by atoms with Gasteiger partial charge in [-0.25, -0.2) is 4.98 Å². The number of amides is 1. The lowest BCUT2D eigenvalue weighted by Gasteiger charge is -2.34. The Morgan fingerprint density at radius 3 is 2.73 bits per heavy atom. The first-order chi connectivity index (χ1) is 14.6. The Balaban J connectivity index is 1.62. The number of hydrogen-bond donors (Lipinski definition) is 0. The molecule has 1 aliphatic heterocycles. The maximum atomic E-state index is 12.9. The van der Waals surface area contributed by atoms with Gasteiger partial charge in [0.2, 0.25) is 5.91 Å². The fourth-order valence-electron chi connectivity index (χ4n) is 4.48. The zero-order valence-corrected chi connectivity index (χ0v) is 19.3. The zero-order valence-electron chi connectivity index (χ0n) is 17.7. The molecule has 1 saturated heterocycles. The molecule has 2 aromatic carbocycles. The van der Waals surface area contributed by atoms with Gasteiger partial charge in [-0.05, 0) is 63.6 Å². The van der Waals surface area contributed by atoms with Crippen LogP contribution in [0.5, 0.6) is 0 Å². The number of hydrogen-bond acceptors (Lipinski definition) is 3. The summed E-state index contributed by atoms with van der Waals surface area (Å²) in [6.07, 6.45) is 2.03. The number of imidazole rings is 1.